The molecule has 1 amide bonds. The fraction of sp³-hybridized carbons (Fsp3) is 0.0741. The number of aromatic nitrogens is 4. The van der Waals surface area contributed by atoms with Crippen LogP contribution < -0.4 is 10.1 Å². The summed E-state index contributed by atoms with van der Waals surface area (Å²) in [6.45, 7) is 0.562. The maximum atomic E-state index is 13.4. The Balaban J connectivity index is 1.15. The average molecular weight is 468 g/mol. The minimum absolute atomic E-state index is 0.167. The van der Waals surface area contributed by atoms with Crippen LogP contribution in [-0.2, 0) is 13.3 Å². The van der Waals surface area contributed by atoms with Gasteiger partial charge in [-0.25, -0.2) is 9.07 Å². The summed E-state index contributed by atoms with van der Waals surface area (Å²) in [5, 5.41) is 11.3. The Morgan fingerprint density at radius 3 is 2.40 bits per heavy atom. The van der Waals surface area contributed by atoms with Gasteiger partial charge in [0.1, 0.15) is 11.6 Å². The van der Waals surface area contributed by atoms with Gasteiger partial charge in [-0.2, -0.15) is 10.2 Å². The Morgan fingerprint density at radius 1 is 0.829 bits per heavy atom. The van der Waals surface area contributed by atoms with Crippen molar-refractivity contribution in [2.75, 3.05) is 5.32 Å². The Kier molecular flexibility index (Phi) is 6.34. The van der Waals surface area contributed by atoms with Crippen LogP contribution in [0.1, 0.15) is 16.1 Å². The summed E-state index contributed by atoms with van der Waals surface area (Å²) < 4.78 is 22.3. The van der Waals surface area contributed by atoms with Gasteiger partial charge in [-0.05, 0) is 47.0 Å². The highest BCUT2D eigenvalue weighted by Gasteiger charge is 2.12. The normalized spacial score (nSPS) is 10.8. The van der Waals surface area contributed by atoms with Crippen LogP contribution in [0.4, 0.5) is 10.2 Å². The lowest BCUT2D eigenvalue weighted by atomic mass is 10.1. The zero-order valence-electron chi connectivity index (χ0n) is 18.7. The van der Waals surface area contributed by atoms with E-state index in [4.69, 9.17) is 4.74 Å². The minimum Gasteiger partial charge on any atom is -0.471 e. The number of nitrogens with one attached hydrogen (secondary N) is 1. The maximum Gasteiger partial charge on any atom is 0.277 e. The monoisotopic (exact) mass is 467 g/mol. The summed E-state index contributed by atoms with van der Waals surface area (Å²) >= 11 is 0. The number of anilines is 1. The van der Waals surface area contributed by atoms with Crippen molar-refractivity contribution in [2.45, 2.75) is 13.3 Å². The quantitative estimate of drug-likeness (QED) is 0.339. The molecule has 0 aliphatic heterocycles. The number of hydrogen-bond acceptors (Lipinski definition) is 4. The van der Waals surface area contributed by atoms with Gasteiger partial charge in [-0.15, -0.1) is 0 Å². The third kappa shape index (κ3) is 5.62. The molecule has 5 aromatic rings. The molecule has 7 nitrogen and oxygen atoms in total. The van der Waals surface area contributed by atoms with Crippen LogP contribution in [0, 0.1) is 5.82 Å². The molecule has 0 saturated heterocycles. The van der Waals surface area contributed by atoms with E-state index >= 15 is 0 Å². The molecule has 174 valence electrons. The van der Waals surface area contributed by atoms with Crippen molar-refractivity contribution in [1.29, 1.82) is 0 Å². The zero-order valence-corrected chi connectivity index (χ0v) is 18.7. The fourth-order valence-electron chi connectivity index (χ4n) is 3.59. The van der Waals surface area contributed by atoms with Gasteiger partial charge in [0.25, 0.3) is 5.91 Å². The summed E-state index contributed by atoms with van der Waals surface area (Å²) in [5.41, 5.74) is 3.27. The van der Waals surface area contributed by atoms with Crippen molar-refractivity contribution in [2.24, 2.45) is 0 Å². The van der Waals surface area contributed by atoms with Crippen molar-refractivity contribution >= 4 is 11.7 Å². The lowest BCUT2D eigenvalue weighted by molar-refractivity contribution is 0.101. The molecule has 3 aromatic carbocycles. The Labute approximate surface area is 201 Å². The number of nitrogens with zero attached hydrogens (tertiary/aromatic N) is 4. The summed E-state index contributed by atoms with van der Waals surface area (Å²) in [5.74, 6) is 0.407. The van der Waals surface area contributed by atoms with E-state index in [1.807, 2.05) is 48.5 Å². The molecule has 0 atom stereocenters. The molecule has 35 heavy (non-hydrogen) atoms. The summed E-state index contributed by atoms with van der Waals surface area (Å²) in [6.07, 6.45) is 3.39. The van der Waals surface area contributed by atoms with E-state index in [2.05, 4.69) is 27.6 Å². The van der Waals surface area contributed by atoms with Gasteiger partial charge in [0, 0.05) is 18.5 Å². The number of carbonyl (C=O) groups excluding carboxylic acids is 1. The minimum atomic E-state index is -0.382. The number of rotatable bonds is 8. The Hall–Kier alpha value is -4.72. The molecule has 0 unspecified atom stereocenters. The zero-order chi connectivity index (χ0) is 24.0. The predicted molar refractivity (Wildman–Crippen MR) is 130 cm³/mol. The lowest BCUT2D eigenvalue weighted by Gasteiger charge is -2.07. The molecule has 2 aromatic heterocycles. The highest BCUT2D eigenvalue weighted by Crippen LogP contribution is 2.22. The van der Waals surface area contributed by atoms with E-state index in [0.717, 1.165) is 16.7 Å². The van der Waals surface area contributed by atoms with Crippen LogP contribution in [0.3, 0.4) is 0 Å². The SMILES string of the molecule is O=C(Nc1ccn(Cc2cccc(F)c2)n1)c1ccn(COc2ccc(-c3ccccc3)cc2)n1. The molecule has 0 fully saturated rings. The second-order valence-corrected chi connectivity index (χ2v) is 7.89. The van der Waals surface area contributed by atoms with Crippen LogP contribution in [0.25, 0.3) is 11.1 Å². The van der Waals surface area contributed by atoms with E-state index in [-0.39, 0.29) is 24.1 Å². The Morgan fingerprint density at radius 2 is 1.60 bits per heavy atom. The summed E-state index contributed by atoms with van der Waals surface area (Å²) in [6, 6.07) is 27.5. The van der Waals surface area contributed by atoms with E-state index in [1.165, 1.54) is 12.1 Å². The number of halogens is 1. The molecule has 2 heterocycles. The number of ether oxygens (including phenoxy) is 1. The summed E-state index contributed by atoms with van der Waals surface area (Å²) in [7, 11) is 0. The van der Waals surface area contributed by atoms with Gasteiger partial charge in [-0.3, -0.25) is 9.48 Å². The molecule has 5 rings (SSSR count). The predicted octanol–water partition coefficient (Wildman–Crippen LogP) is 5.22. The van der Waals surface area contributed by atoms with Gasteiger partial charge < -0.3 is 10.1 Å². The standard InChI is InChI=1S/C27H22FN5O2/c28-23-8-4-5-20(17-23)18-32-16-14-26(31-32)29-27(34)25-13-15-33(30-25)19-35-24-11-9-22(10-12-24)21-6-2-1-3-7-21/h1-17H,18-19H2,(H,29,31,34). The highest BCUT2D eigenvalue weighted by molar-refractivity contribution is 6.02. The van der Waals surface area contributed by atoms with Gasteiger partial charge in [0.2, 0.25) is 0 Å². The number of amides is 1. The first-order valence-electron chi connectivity index (χ1n) is 11.0. The number of hydrogen-bond donors (Lipinski definition) is 1. The Bertz CT molecular complexity index is 1430. The molecule has 8 heteroatoms. The third-order valence-electron chi connectivity index (χ3n) is 5.31. The second-order valence-electron chi connectivity index (χ2n) is 7.89. The van der Waals surface area contributed by atoms with Gasteiger partial charge >= 0.3 is 0 Å². The van der Waals surface area contributed by atoms with E-state index in [0.29, 0.717) is 18.1 Å². The van der Waals surface area contributed by atoms with Crippen LogP contribution in [0.2, 0.25) is 0 Å². The van der Waals surface area contributed by atoms with Gasteiger partial charge in [0.15, 0.2) is 18.2 Å². The average Bonchev–Trinajstić information content (AvgIpc) is 3.53. The molecular formula is C27H22FN5O2. The molecule has 1 N–H and O–H groups in total. The number of benzene rings is 3. The van der Waals surface area contributed by atoms with Gasteiger partial charge in [0.05, 0.1) is 6.54 Å². The van der Waals surface area contributed by atoms with Crippen molar-refractivity contribution in [1.82, 2.24) is 19.6 Å². The molecule has 0 radical (unpaired) electrons. The largest absolute Gasteiger partial charge is 0.471 e. The highest BCUT2D eigenvalue weighted by atomic mass is 19.1. The topological polar surface area (TPSA) is 74.0 Å². The van der Waals surface area contributed by atoms with Crippen molar-refractivity contribution < 1.29 is 13.9 Å². The van der Waals surface area contributed by atoms with Crippen LogP contribution in [0.5, 0.6) is 5.75 Å². The van der Waals surface area contributed by atoms with Crippen molar-refractivity contribution in [3.05, 3.63) is 120 Å². The second kappa shape index (κ2) is 10.0. The van der Waals surface area contributed by atoms with E-state index < -0.39 is 0 Å². The first-order chi connectivity index (χ1) is 17.1. The molecule has 0 bridgehead atoms. The number of carbonyl (C=O) groups is 1. The van der Waals surface area contributed by atoms with Crippen LogP contribution >= 0.6 is 0 Å². The van der Waals surface area contributed by atoms with Crippen molar-refractivity contribution in [3.63, 3.8) is 0 Å². The first-order valence-corrected chi connectivity index (χ1v) is 11.0. The van der Waals surface area contributed by atoms with Gasteiger partial charge in [-0.1, -0.05) is 54.6 Å². The molecular weight excluding hydrogens is 445 g/mol. The smallest absolute Gasteiger partial charge is 0.277 e. The lowest BCUT2D eigenvalue weighted by Crippen LogP contribution is -2.15. The fourth-order valence-corrected chi connectivity index (χ4v) is 3.59. The first kappa shape index (κ1) is 22.1. The van der Waals surface area contributed by atoms with Crippen LogP contribution in [-0.4, -0.2) is 25.5 Å². The molecule has 0 saturated carbocycles. The summed E-state index contributed by atoms with van der Waals surface area (Å²) in [4.78, 5) is 12.6. The third-order valence-corrected chi connectivity index (χ3v) is 5.31. The van der Waals surface area contributed by atoms with Crippen LogP contribution in [0.15, 0.2) is 103 Å². The maximum absolute atomic E-state index is 13.4. The van der Waals surface area contributed by atoms with E-state index in [1.54, 1.807) is 40.0 Å². The van der Waals surface area contributed by atoms with Crippen molar-refractivity contribution in [3.8, 4) is 16.9 Å². The molecule has 0 spiro atoms. The van der Waals surface area contributed by atoms with E-state index in [9.17, 15) is 9.18 Å². The molecule has 0 aliphatic carbocycles. The molecule has 0 aliphatic rings.